The quantitative estimate of drug-likeness (QED) is 0.208. The maximum atomic E-state index is 13.6. The van der Waals surface area contributed by atoms with Crippen LogP contribution in [0.1, 0.15) is 39.2 Å². The molecule has 6 nitrogen and oxygen atoms in total. The van der Waals surface area contributed by atoms with Crippen LogP contribution in [0.2, 0.25) is 0 Å². The third-order valence-electron chi connectivity index (χ3n) is 7.72. The van der Waals surface area contributed by atoms with Gasteiger partial charge in [-0.25, -0.2) is 0 Å². The van der Waals surface area contributed by atoms with Crippen molar-refractivity contribution < 1.29 is 14.3 Å². The largest absolute Gasteiger partial charge is 0.497 e. The van der Waals surface area contributed by atoms with Crippen molar-refractivity contribution in [3.63, 3.8) is 0 Å². The first-order valence-corrected chi connectivity index (χ1v) is 15.6. The molecule has 1 aromatic heterocycles. The molecule has 0 atom stereocenters. The highest BCUT2D eigenvalue weighted by atomic mass is 32.1. The Bertz CT molecular complexity index is 1460. The van der Waals surface area contributed by atoms with Crippen LogP contribution in [0.3, 0.4) is 0 Å². The van der Waals surface area contributed by atoms with Crippen LogP contribution < -0.4 is 10.1 Å². The Hall–Kier alpha value is -3.94. The molecule has 2 amide bonds. The Morgan fingerprint density at radius 1 is 0.905 bits per heavy atom. The molecule has 5 rings (SSSR count). The van der Waals surface area contributed by atoms with E-state index in [-0.39, 0.29) is 11.8 Å². The molecular formula is C35H39N3O3S. The molecule has 0 unspecified atom stereocenters. The van der Waals surface area contributed by atoms with Gasteiger partial charge in [0.25, 0.3) is 5.91 Å². The number of rotatable bonds is 13. The fourth-order valence-electron chi connectivity index (χ4n) is 5.41. The predicted molar refractivity (Wildman–Crippen MR) is 170 cm³/mol. The van der Waals surface area contributed by atoms with Crippen LogP contribution in [-0.4, -0.2) is 61.4 Å². The second-order valence-corrected chi connectivity index (χ2v) is 11.8. The van der Waals surface area contributed by atoms with Gasteiger partial charge in [0.15, 0.2) is 0 Å². The number of hydrogen-bond donors (Lipinski definition) is 1. The van der Waals surface area contributed by atoms with Crippen molar-refractivity contribution in [3.05, 3.63) is 112 Å². The normalized spacial score (nSPS) is 13.2. The maximum absolute atomic E-state index is 13.6. The fourth-order valence-corrected chi connectivity index (χ4v) is 6.10. The van der Waals surface area contributed by atoms with Crippen molar-refractivity contribution in [2.45, 2.75) is 32.2 Å². The van der Waals surface area contributed by atoms with E-state index in [2.05, 4.69) is 39.9 Å². The van der Waals surface area contributed by atoms with E-state index in [0.29, 0.717) is 31.6 Å². The molecule has 2 heterocycles. The molecule has 7 heteroatoms. The summed E-state index contributed by atoms with van der Waals surface area (Å²) in [4.78, 5) is 32.0. The molecule has 4 aromatic rings. The smallest absolute Gasteiger partial charge is 0.251 e. The van der Waals surface area contributed by atoms with Gasteiger partial charge in [-0.3, -0.25) is 9.59 Å². The third-order valence-corrected chi connectivity index (χ3v) is 8.66. The highest BCUT2D eigenvalue weighted by Crippen LogP contribution is 2.23. The lowest BCUT2D eigenvalue weighted by molar-refractivity contribution is -0.131. The molecule has 218 valence electrons. The predicted octanol–water partition coefficient (Wildman–Crippen LogP) is 6.06. The minimum atomic E-state index is -0.0462. The lowest BCUT2D eigenvalue weighted by Gasteiger charge is -2.23. The molecular weight excluding hydrogens is 542 g/mol. The van der Waals surface area contributed by atoms with E-state index in [4.69, 9.17) is 4.74 Å². The van der Waals surface area contributed by atoms with Crippen molar-refractivity contribution in [3.8, 4) is 16.9 Å². The summed E-state index contributed by atoms with van der Waals surface area (Å²) in [5.74, 6) is 0.786. The average Bonchev–Trinajstić information content (AvgIpc) is 3.74. The number of nitrogens with zero attached hydrogens (tertiary/aromatic N) is 2. The molecule has 0 saturated carbocycles. The number of benzene rings is 3. The number of amides is 2. The van der Waals surface area contributed by atoms with Gasteiger partial charge in [0, 0.05) is 36.6 Å². The van der Waals surface area contributed by atoms with Gasteiger partial charge in [0.1, 0.15) is 5.75 Å². The van der Waals surface area contributed by atoms with E-state index >= 15 is 0 Å². The van der Waals surface area contributed by atoms with Crippen LogP contribution >= 0.6 is 11.3 Å². The van der Waals surface area contributed by atoms with Crippen molar-refractivity contribution in [2.24, 2.45) is 0 Å². The molecule has 42 heavy (non-hydrogen) atoms. The summed E-state index contributed by atoms with van der Waals surface area (Å²) >= 11 is 1.72. The highest BCUT2D eigenvalue weighted by molar-refractivity contribution is 7.09. The molecule has 0 bridgehead atoms. The second kappa shape index (κ2) is 14.8. The van der Waals surface area contributed by atoms with E-state index in [0.717, 1.165) is 54.1 Å². The van der Waals surface area contributed by atoms with Gasteiger partial charge >= 0.3 is 0 Å². The van der Waals surface area contributed by atoms with Gasteiger partial charge in [-0.2, -0.15) is 0 Å². The Kier molecular flexibility index (Phi) is 10.4. The molecule has 1 aliphatic rings. The zero-order chi connectivity index (χ0) is 29.1. The molecule has 1 N–H and O–H groups in total. The van der Waals surface area contributed by atoms with Gasteiger partial charge in [-0.15, -0.1) is 11.3 Å². The number of methoxy groups -OCH3 is 1. The van der Waals surface area contributed by atoms with Gasteiger partial charge in [0.05, 0.1) is 13.5 Å². The van der Waals surface area contributed by atoms with Crippen LogP contribution in [0.25, 0.3) is 11.1 Å². The van der Waals surface area contributed by atoms with Crippen molar-refractivity contribution in [2.75, 3.05) is 39.8 Å². The molecule has 0 radical (unpaired) electrons. The van der Waals surface area contributed by atoms with Crippen molar-refractivity contribution in [1.29, 1.82) is 0 Å². The molecule has 0 aliphatic carbocycles. The van der Waals surface area contributed by atoms with Crippen LogP contribution in [0.5, 0.6) is 5.75 Å². The zero-order valence-corrected chi connectivity index (χ0v) is 25.1. The summed E-state index contributed by atoms with van der Waals surface area (Å²) in [6.45, 7) is 4.95. The number of hydrogen-bond acceptors (Lipinski definition) is 5. The van der Waals surface area contributed by atoms with E-state index in [1.54, 1.807) is 18.4 Å². The number of carbonyl (C=O) groups excluding carboxylic acids is 2. The zero-order valence-electron chi connectivity index (χ0n) is 24.3. The first-order chi connectivity index (χ1) is 20.6. The maximum Gasteiger partial charge on any atom is 0.251 e. The summed E-state index contributed by atoms with van der Waals surface area (Å²) in [6.07, 6.45) is 3.63. The number of nitrogens with one attached hydrogen (secondary N) is 1. The first-order valence-electron chi connectivity index (χ1n) is 14.7. The lowest BCUT2D eigenvalue weighted by atomic mass is 10.0. The van der Waals surface area contributed by atoms with Crippen LogP contribution in [0.4, 0.5) is 0 Å². The van der Waals surface area contributed by atoms with Gasteiger partial charge in [-0.1, -0.05) is 48.5 Å². The Labute approximate surface area is 252 Å². The van der Waals surface area contributed by atoms with Crippen LogP contribution in [0, 0.1) is 0 Å². The third kappa shape index (κ3) is 8.30. The van der Waals surface area contributed by atoms with E-state index in [9.17, 15) is 9.59 Å². The van der Waals surface area contributed by atoms with Crippen LogP contribution in [0.15, 0.2) is 90.3 Å². The van der Waals surface area contributed by atoms with Crippen LogP contribution in [-0.2, 0) is 24.2 Å². The van der Waals surface area contributed by atoms with E-state index < -0.39 is 0 Å². The standard InChI is InChI=1S/C35H39N3O3S/c1-41-32-13-5-8-27(23-32)24-34(39)38(19-15-33-14-7-21-42-33)26-28-9-4-10-29(22-28)30-11-6-12-31(25-30)35(40)36-16-20-37-17-2-3-18-37/h4-14,21-23,25H,2-3,15-20,24,26H2,1H3,(H,36,40). The fraction of sp³-hybridized carbons (Fsp3) is 0.314. The van der Waals surface area contributed by atoms with E-state index in [1.807, 2.05) is 65.6 Å². The SMILES string of the molecule is COc1cccc(CC(=O)N(CCc2cccs2)Cc2cccc(-c3cccc(C(=O)NCCN4CCCC4)c3)c2)c1. The van der Waals surface area contributed by atoms with E-state index in [1.165, 1.54) is 17.7 Å². The average molecular weight is 582 g/mol. The summed E-state index contributed by atoms with van der Waals surface area (Å²) in [7, 11) is 1.64. The number of carbonyl (C=O) groups is 2. The summed E-state index contributed by atoms with van der Waals surface area (Å²) in [5, 5.41) is 5.15. The van der Waals surface area contributed by atoms with Gasteiger partial charge in [0.2, 0.25) is 5.91 Å². The molecule has 1 saturated heterocycles. The Morgan fingerprint density at radius 3 is 2.45 bits per heavy atom. The molecule has 3 aromatic carbocycles. The highest BCUT2D eigenvalue weighted by Gasteiger charge is 2.17. The number of thiophene rings is 1. The molecule has 1 aliphatic heterocycles. The van der Waals surface area contributed by atoms with Gasteiger partial charge < -0.3 is 19.9 Å². The molecule has 0 spiro atoms. The Balaban J connectivity index is 1.27. The minimum Gasteiger partial charge on any atom is -0.497 e. The van der Waals surface area contributed by atoms with Gasteiger partial charge in [-0.05, 0) is 96.4 Å². The second-order valence-electron chi connectivity index (χ2n) is 10.8. The minimum absolute atomic E-state index is 0.0462. The number of ether oxygens (including phenoxy) is 1. The summed E-state index contributed by atoms with van der Waals surface area (Å²) in [5.41, 5.74) is 4.66. The summed E-state index contributed by atoms with van der Waals surface area (Å²) < 4.78 is 5.36. The van der Waals surface area contributed by atoms with Crippen molar-refractivity contribution in [1.82, 2.24) is 15.1 Å². The monoisotopic (exact) mass is 581 g/mol. The van der Waals surface area contributed by atoms with Crippen molar-refractivity contribution >= 4 is 23.2 Å². The Morgan fingerprint density at radius 2 is 1.67 bits per heavy atom. The first kappa shape index (κ1) is 29.5. The number of likely N-dealkylation sites (tertiary alicyclic amines) is 1. The lowest BCUT2D eigenvalue weighted by Crippen LogP contribution is -2.33. The summed E-state index contributed by atoms with van der Waals surface area (Å²) in [6, 6.07) is 27.9. The topological polar surface area (TPSA) is 61.9 Å². The molecule has 1 fully saturated rings.